The molecule has 2 rings (SSSR count). The van der Waals surface area contributed by atoms with Crippen LogP contribution in [-0.2, 0) is 6.54 Å². The lowest BCUT2D eigenvalue weighted by molar-refractivity contribution is 0.102. The smallest absolute Gasteiger partial charge is 0.259 e. The fourth-order valence-electron chi connectivity index (χ4n) is 2.46. The number of halogens is 1. The number of aromatic nitrogens is 2. The van der Waals surface area contributed by atoms with Crippen LogP contribution in [0.3, 0.4) is 0 Å². The quantitative estimate of drug-likeness (QED) is 0.802. The average Bonchev–Trinajstić information content (AvgIpc) is 2.81. The molecule has 1 amide bonds. The number of hydrogen-bond acceptors (Lipinski definition) is 4. The van der Waals surface area contributed by atoms with Crippen molar-refractivity contribution in [3.05, 3.63) is 41.2 Å². The van der Waals surface area contributed by atoms with Crippen molar-refractivity contribution in [2.75, 3.05) is 18.5 Å². The number of aryl methyl sites for hydroxylation is 2. The third-order valence-corrected chi connectivity index (χ3v) is 3.54. The Morgan fingerprint density at radius 1 is 1.29 bits per heavy atom. The van der Waals surface area contributed by atoms with Crippen LogP contribution >= 0.6 is 12.4 Å². The van der Waals surface area contributed by atoms with Crippen molar-refractivity contribution < 1.29 is 9.53 Å². The predicted octanol–water partition coefficient (Wildman–Crippen LogP) is 2.92. The van der Waals surface area contributed by atoms with Crippen LogP contribution in [0.2, 0.25) is 0 Å². The molecule has 0 unspecified atom stereocenters. The molecule has 0 saturated heterocycles. The fraction of sp³-hybridized carbons (Fsp3) is 0.412. The number of nitrogens with zero attached hydrogens (tertiary/aromatic N) is 2. The molecule has 0 aliphatic carbocycles. The highest BCUT2D eigenvalue weighted by Crippen LogP contribution is 2.19. The third-order valence-electron chi connectivity index (χ3n) is 3.54. The number of nitrogens with one attached hydrogen (secondary N) is 1. The van der Waals surface area contributed by atoms with E-state index in [1.807, 2.05) is 42.8 Å². The zero-order valence-electron chi connectivity index (χ0n) is 14.3. The molecule has 0 radical (unpaired) electrons. The molecule has 7 heteroatoms. The van der Waals surface area contributed by atoms with Crippen molar-refractivity contribution in [3.63, 3.8) is 0 Å². The number of ether oxygens (including phenoxy) is 1. The number of carbonyl (C=O) groups excluding carboxylic acids is 1. The van der Waals surface area contributed by atoms with E-state index in [1.165, 1.54) is 0 Å². The molecule has 24 heavy (non-hydrogen) atoms. The van der Waals surface area contributed by atoms with E-state index in [0.717, 1.165) is 35.8 Å². The van der Waals surface area contributed by atoms with Gasteiger partial charge in [-0.1, -0.05) is 6.92 Å². The summed E-state index contributed by atoms with van der Waals surface area (Å²) in [4.78, 5) is 12.5. The van der Waals surface area contributed by atoms with E-state index in [-0.39, 0.29) is 18.3 Å². The first-order valence-electron chi connectivity index (χ1n) is 7.85. The molecule has 0 saturated carbocycles. The summed E-state index contributed by atoms with van der Waals surface area (Å²) in [6, 6.07) is 7.24. The Labute approximate surface area is 148 Å². The predicted molar refractivity (Wildman–Crippen MR) is 98.2 cm³/mol. The summed E-state index contributed by atoms with van der Waals surface area (Å²) >= 11 is 0. The van der Waals surface area contributed by atoms with Crippen LogP contribution in [-0.4, -0.2) is 28.8 Å². The molecule has 3 N–H and O–H groups in total. The molecule has 0 atom stereocenters. The highest BCUT2D eigenvalue weighted by atomic mass is 35.5. The first-order chi connectivity index (χ1) is 11.1. The van der Waals surface area contributed by atoms with Gasteiger partial charge in [0.15, 0.2) is 0 Å². The SMILES string of the molecule is CCCn1nc(C)c(C(=O)Nc2ccc(OCCN)cc2)c1C.Cl. The van der Waals surface area contributed by atoms with Gasteiger partial charge in [0.25, 0.3) is 5.91 Å². The largest absolute Gasteiger partial charge is 0.492 e. The standard InChI is InChI=1S/C17H24N4O2.ClH/c1-4-10-21-13(3)16(12(2)20-21)17(22)19-14-5-7-15(8-6-14)23-11-9-18;/h5-8H,4,9-11,18H2,1-3H3,(H,19,22);1H. The lowest BCUT2D eigenvalue weighted by atomic mass is 10.1. The number of rotatable bonds is 7. The van der Waals surface area contributed by atoms with Crippen LogP contribution in [0.25, 0.3) is 0 Å². The molecule has 0 aliphatic rings. The van der Waals surface area contributed by atoms with Gasteiger partial charge in [0.05, 0.1) is 11.3 Å². The van der Waals surface area contributed by atoms with Gasteiger partial charge in [0, 0.05) is 24.5 Å². The number of nitrogens with two attached hydrogens (primary N) is 1. The zero-order valence-corrected chi connectivity index (χ0v) is 15.2. The number of amides is 1. The van der Waals surface area contributed by atoms with Crippen molar-refractivity contribution >= 4 is 24.0 Å². The van der Waals surface area contributed by atoms with E-state index in [4.69, 9.17) is 10.5 Å². The van der Waals surface area contributed by atoms with Gasteiger partial charge in [0.2, 0.25) is 0 Å². The Kier molecular flexibility index (Phi) is 7.74. The van der Waals surface area contributed by atoms with Crippen molar-refractivity contribution in [2.24, 2.45) is 5.73 Å². The second-order valence-electron chi connectivity index (χ2n) is 5.38. The monoisotopic (exact) mass is 352 g/mol. The van der Waals surface area contributed by atoms with Gasteiger partial charge < -0.3 is 15.8 Å². The van der Waals surface area contributed by atoms with Gasteiger partial charge in [-0.25, -0.2) is 0 Å². The van der Waals surface area contributed by atoms with Crippen molar-refractivity contribution in [2.45, 2.75) is 33.7 Å². The molecule has 132 valence electrons. The highest BCUT2D eigenvalue weighted by molar-refractivity contribution is 6.05. The first-order valence-corrected chi connectivity index (χ1v) is 7.85. The maximum absolute atomic E-state index is 12.5. The summed E-state index contributed by atoms with van der Waals surface area (Å²) in [6.07, 6.45) is 0.979. The van der Waals surface area contributed by atoms with Crippen LogP contribution in [0.1, 0.15) is 35.1 Å². The summed E-state index contributed by atoms with van der Waals surface area (Å²) in [7, 11) is 0. The van der Waals surface area contributed by atoms with E-state index in [1.54, 1.807) is 0 Å². The van der Waals surface area contributed by atoms with Crippen LogP contribution in [0.15, 0.2) is 24.3 Å². The van der Waals surface area contributed by atoms with Crippen molar-refractivity contribution in [1.82, 2.24) is 9.78 Å². The maximum Gasteiger partial charge on any atom is 0.259 e. The molecule has 0 aliphatic heterocycles. The minimum absolute atomic E-state index is 0. The normalized spacial score (nSPS) is 10.2. The summed E-state index contributed by atoms with van der Waals surface area (Å²) in [5, 5.41) is 7.34. The number of benzene rings is 1. The zero-order chi connectivity index (χ0) is 16.8. The molecule has 0 bridgehead atoms. The maximum atomic E-state index is 12.5. The van der Waals surface area contributed by atoms with Crippen LogP contribution in [0.5, 0.6) is 5.75 Å². The van der Waals surface area contributed by atoms with E-state index in [9.17, 15) is 4.79 Å². The molecule has 1 aromatic heterocycles. The Morgan fingerprint density at radius 3 is 2.54 bits per heavy atom. The molecule has 1 heterocycles. The van der Waals surface area contributed by atoms with Crippen LogP contribution in [0.4, 0.5) is 5.69 Å². The van der Waals surface area contributed by atoms with Crippen molar-refractivity contribution in [1.29, 1.82) is 0 Å². The van der Waals surface area contributed by atoms with Gasteiger partial charge in [-0.3, -0.25) is 9.48 Å². The lowest BCUT2D eigenvalue weighted by Crippen LogP contribution is -2.14. The Hall–Kier alpha value is -2.05. The van der Waals surface area contributed by atoms with E-state index >= 15 is 0 Å². The second-order valence-corrected chi connectivity index (χ2v) is 5.38. The van der Waals surface area contributed by atoms with Gasteiger partial charge in [-0.15, -0.1) is 12.4 Å². The summed E-state index contributed by atoms with van der Waals surface area (Å²) in [5.41, 5.74) is 8.40. The number of carbonyl (C=O) groups is 1. The molecule has 1 aromatic carbocycles. The molecular weight excluding hydrogens is 328 g/mol. The van der Waals surface area contributed by atoms with Gasteiger partial charge in [-0.2, -0.15) is 5.10 Å². The lowest BCUT2D eigenvalue weighted by Gasteiger charge is -2.08. The Balaban J connectivity index is 0.00000288. The Morgan fingerprint density at radius 2 is 1.96 bits per heavy atom. The molecule has 0 spiro atoms. The fourth-order valence-corrected chi connectivity index (χ4v) is 2.46. The van der Waals surface area contributed by atoms with Gasteiger partial charge in [0.1, 0.15) is 12.4 Å². The topological polar surface area (TPSA) is 82.2 Å². The summed E-state index contributed by atoms with van der Waals surface area (Å²) < 4.78 is 7.30. The molecule has 6 nitrogen and oxygen atoms in total. The first kappa shape index (κ1) is 20.0. The molecule has 2 aromatic rings. The average molecular weight is 353 g/mol. The minimum atomic E-state index is -0.141. The number of anilines is 1. The molecule has 0 fully saturated rings. The van der Waals surface area contributed by atoms with E-state index in [2.05, 4.69) is 17.3 Å². The van der Waals surface area contributed by atoms with Gasteiger partial charge >= 0.3 is 0 Å². The Bertz CT molecular complexity index is 668. The minimum Gasteiger partial charge on any atom is -0.492 e. The molecular formula is C17H25ClN4O2. The van der Waals surface area contributed by atoms with Crippen LogP contribution < -0.4 is 15.8 Å². The highest BCUT2D eigenvalue weighted by Gasteiger charge is 2.18. The number of hydrogen-bond donors (Lipinski definition) is 2. The van der Waals surface area contributed by atoms with Crippen LogP contribution in [0, 0.1) is 13.8 Å². The summed E-state index contributed by atoms with van der Waals surface area (Å²) in [5.74, 6) is 0.592. The second kappa shape index (κ2) is 9.30. The summed E-state index contributed by atoms with van der Waals surface area (Å²) in [6.45, 7) is 7.63. The third kappa shape index (κ3) is 4.72. The van der Waals surface area contributed by atoms with Gasteiger partial charge in [-0.05, 0) is 44.5 Å². The van der Waals surface area contributed by atoms with E-state index in [0.29, 0.717) is 18.7 Å². The van der Waals surface area contributed by atoms with E-state index < -0.39 is 0 Å². The van der Waals surface area contributed by atoms with Crippen molar-refractivity contribution in [3.8, 4) is 5.75 Å².